The average molecular weight is 232 g/mol. The van der Waals surface area contributed by atoms with Crippen molar-refractivity contribution in [2.45, 2.75) is 0 Å². The highest BCUT2D eigenvalue weighted by Crippen LogP contribution is 2.22. The lowest BCUT2D eigenvalue weighted by molar-refractivity contribution is 1.22. The van der Waals surface area contributed by atoms with Crippen LogP contribution in [0.3, 0.4) is 0 Å². The van der Waals surface area contributed by atoms with Gasteiger partial charge in [-0.15, -0.1) is 0 Å². The molecule has 18 heavy (non-hydrogen) atoms. The molecule has 0 aliphatic heterocycles. The van der Waals surface area contributed by atoms with Gasteiger partial charge in [0.25, 0.3) is 0 Å². The Bertz CT molecular complexity index is 880. The summed E-state index contributed by atoms with van der Waals surface area (Å²) in [5.41, 5.74) is 4.32. The van der Waals surface area contributed by atoms with Gasteiger partial charge in [-0.3, -0.25) is 0 Å². The molecule has 0 saturated carbocycles. The quantitative estimate of drug-likeness (QED) is 0.345. The second-order valence-corrected chi connectivity index (χ2v) is 4.11. The van der Waals surface area contributed by atoms with Gasteiger partial charge in [-0.25, -0.2) is 19.9 Å². The first kappa shape index (κ1) is 9.41. The molecule has 0 unspecified atom stereocenters. The molecule has 0 spiro atoms. The standard InChI is InChI=1S/C14H8N4/c1-2-4-11-10(3-1)17-12-6-5-9-7-15-8-16-13(9)14(12)18-11/h1-8H. The van der Waals surface area contributed by atoms with Gasteiger partial charge in [0.1, 0.15) is 17.4 Å². The summed E-state index contributed by atoms with van der Waals surface area (Å²) in [6, 6.07) is 11.8. The third-order valence-electron chi connectivity index (χ3n) is 2.98. The van der Waals surface area contributed by atoms with E-state index in [4.69, 9.17) is 0 Å². The third kappa shape index (κ3) is 1.26. The Labute approximate surface area is 102 Å². The molecule has 0 N–H and O–H groups in total. The second-order valence-electron chi connectivity index (χ2n) is 4.11. The van der Waals surface area contributed by atoms with Crippen molar-refractivity contribution < 1.29 is 0 Å². The first-order valence-corrected chi connectivity index (χ1v) is 5.67. The van der Waals surface area contributed by atoms with E-state index in [1.54, 1.807) is 12.5 Å². The van der Waals surface area contributed by atoms with Crippen molar-refractivity contribution in [3.63, 3.8) is 0 Å². The van der Waals surface area contributed by atoms with Crippen molar-refractivity contribution in [3.05, 3.63) is 48.9 Å². The average Bonchev–Trinajstić information content (AvgIpc) is 2.45. The van der Waals surface area contributed by atoms with E-state index in [0.29, 0.717) is 0 Å². The summed E-state index contributed by atoms with van der Waals surface area (Å²) in [4.78, 5) is 17.6. The van der Waals surface area contributed by atoms with E-state index in [1.165, 1.54) is 0 Å². The largest absolute Gasteiger partial charge is 0.244 e. The number of benzene rings is 2. The lowest BCUT2D eigenvalue weighted by atomic mass is 10.2. The molecule has 0 radical (unpaired) electrons. The van der Waals surface area contributed by atoms with Crippen LogP contribution in [0.1, 0.15) is 0 Å². The van der Waals surface area contributed by atoms with E-state index in [-0.39, 0.29) is 0 Å². The minimum atomic E-state index is 0.827. The van der Waals surface area contributed by atoms with Gasteiger partial charge in [0, 0.05) is 11.6 Å². The van der Waals surface area contributed by atoms with Crippen LogP contribution >= 0.6 is 0 Å². The van der Waals surface area contributed by atoms with Gasteiger partial charge in [0.15, 0.2) is 0 Å². The summed E-state index contributed by atoms with van der Waals surface area (Å²) in [5.74, 6) is 0. The maximum atomic E-state index is 4.65. The molecule has 84 valence electrons. The van der Waals surface area contributed by atoms with Gasteiger partial charge in [0.05, 0.1) is 16.6 Å². The van der Waals surface area contributed by atoms with Gasteiger partial charge in [-0.2, -0.15) is 0 Å². The van der Waals surface area contributed by atoms with E-state index in [2.05, 4.69) is 19.9 Å². The molecular formula is C14H8N4. The molecule has 4 nitrogen and oxygen atoms in total. The molecular weight excluding hydrogens is 224 g/mol. The van der Waals surface area contributed by atoms with E-state index < -0.39 is 0 Å². The van der Waals surface area contributed by atoms with Gasteiger partial charge < -0.3 is 0 Å². The monoisotopic (exact) mass is 232 g/mol. The molecule has 4 heteroatoms. The Morgan fingerprint density at radius 1 is 0.722 bits per heavy atom. The van der Waals surface area contributed by atoms with Crippen molar-refractivity contribution in [1.29, 1.82) is 0 Å². The zero-order valence-corrected chi connectivity index (χ0v) is 9.41. The van der Waals surface area contributed by atoms with Crippen LogP contribution in [0.5, 0.6) is 0 Å². The van der Waals surface area contributed by atoms with Gasteiger partial charge in [-0.1, -0.05) is 12.1 Å². The number of nitrogens with zero attached hydrogens (tertiary/aromatic N) is 4. The van der Waals surface area contributed by atoms with Gasteiger partial charge in [-0.05, 0) is 24.3 Å². The fraction of sp³-hybridized carbons (Fsp3) is 0. The summed E-state index contributed by atoms with van der Waals surface area (Å²) in [6.45, 7) is 0. The minimum absolute atomic E-state index is 0.827. The lowest BCUT2D eigenvalue weighted by Gasteiger charge is -2.03. The molecule has 0 aliphatic rings. The molecule has 4 aromatic rings. The van der Waals surface area contributed by atoms with E-state index in [0.717, 1.165) is 33.0 Å². The smallest absolute Gasteiger partial charge is 0.116 e. The predicted molar refractivity (Wildman–Crippen MR) is 70.1 cm³/mol. The summed E-state index contributed by atoms with van der Waals surface area (Å²) in [6.07, 6.45) is 3.33. The van der Waals surface area contributed by atoms with Crippen LogP contribution in [0.4, 0.5) is 0 Å². The second kappa shape index (κ2) is 3.43. The Morgan fingerprint density at radius 3 is 2.44 bits per heavy atom. The third-order valence-corrected chi connectivity index (χ3v) is 2.98. The highest BCUT2D eigenvalue weighted by Gasteiger charge is 2.05. The van der Waals surface area contributed by atoms with Crippen LogP contribution in [0, 0.1) is 0 Å². The number of fused-ring (bicyclic) bond motifs is 4. The highest BCUT2D eigenvalue weighted by atomic mass is 14.9. The first-order valence-electron chi connectivity index (χ1n) is 5.67. The summed E-state index contributed by atoms with van der Waals surface area (Å²) in [5, 5.41) is 0.981. The Morgan fingerprint density at radius 2 is 1.56 bits per heavy atom. The minimum Gasteiger partial charge on any atom is -0.244 e. The van der Waals surface area contributed by atoms with Crippen LogP contribution in [0.15, 0.2) is 48.9 Å². The lowest BCUT2D eigenvalue weighted by Crippen LogP contribution is -1.90. The van der Waals surface area contributed by atoms with Crippen LogP contribution in [-0.4, -0.2) is 19.9 Å². The van der Waals surface area contributed by atoms with E-state index in [1.807, 2.05) is 36.4 Å². The molecule has 0 bridgehead atoms. The van der Waals surface area contributed by atoms with Crippen LogP contribution < -0.4 is 0 Å². The Hall–Kier alpha value is -2.62. The Kier molecular flexibility index (Phi) is 1.80. The number of rotatable bonds is 0. The first-order chi connectivity index (χ1) is 8.92. The topological polar surface area (TPSA) is 51.6 Å². The number of hydrogen-bond donors (Lipinski definition) is 0. The summed E-state index contributed by atoms with van der Waals surface area (Å²) >= 11 is 0. The van der Waals surface area contributed by atoms with Crippen molar-refractivity contribution in [3.8, 4) is 0 Å². The molecule has 2 aromatic carbocycles. The highest BCUT2D eigenvalue weighted by molar-refractivity contribution is 6.03. The number of para-hydroxylation sites is 2. The number of hydrogen-bond acceptors (Lipinski definition) is 4. The van der Waals surface area contributed by atoms with Crippen molar-refractivity contribution in [2.75, 3.05) is 0 Å². The zero-order valence-electron chi connectivity index (χ0n) is 9.41. The van der Waals surface area contributed by atoms with Crippen LogP contribution in [0.2, 0.25) is 0 Å². The van der Waals surface area contributed by atoms with Crippen LogP contribution in [-0.2, 0) is 0 Å². The van der Waals surface area contributed by atoms with Gasteiger partial charge >= 0.3 is 0 Å². The maximum Gasteiger partial charge on any atom is 0.116 e. The number of aromatic nitrogens is 4. The molecule has 0 saturated heterocycles. The van der Waals surface area contributed by atoms with E-state index >= 15 is 0 Å². The SMILES string of the molecule is c1ccc2nc3c(ccc4cncnc43)nc2c1. The fourth-order valence-corrected chi connectivity index (χ4v) is 2.13. The molecule has 0 aliphatic carbocycles. The Balaban J connectivity index is 2.27. The van der Waals surface area contributed by atoms with Crippen molar-refractivity contribution in [2.24, 2.45) is 0 Å². The zero-order chi connectivity index (χ0) is 11.9. The molecule has 0 amide bonds. The van der Waals surface area contributed by atoms with Gasteiger partial charge in [0.2, 0.25) is 0 Å². The molecule has 2 heterocycles. The van der Waals surface area contributed by atoms with E-state index in [9.17, 15) is 0 Å². The molecule has 4 rings (SSSR count). The fourth-order valence-electron chi connectivity index (χ4n) is 2.13. The predicted octanol–water partition coefficient (Wildman–Crippen LogP) is 2.73. The van der Waals surface area contributed by atoms with Crippen molar-refractivity contribution in [1.82, 2.24) is 19.9 Å². The van der Waals surface area contributed by atoms with Crippen molar-refractivity contribution >= 4 is 33.0 Å². The molecule has 0 fully saturated rings. The maximum absolute atomic E-state index is 4.65. The molecule has 2 aromatic heterocycles. The molecule has 0 atom stereocenters. The normalized spacial score (nSPS) is 11.3. The summed E-state index contributed by atoms with van der Waals surface area (Å²) in [7, 11) is 0. The van der Waals surface area contributed by atoms with Crippen LogP contribution in [0.25, 0.3) is 33.0 Å². The summed E-state index contributed by atoms with van der Waals surface area (Å²) < 4.78 is 0.